The molecule has 0 aliphatic rings. The molecule has 0 aliphatic carbocycles. The first-order chi connectivity index (χ1) is 2.81. The van der Waals surface area contributed by atoms with Gasteiger partial charge in [0.15, 0.2) is 6.16 Å². The lowest BCUT2D eigenvalue weighted by molar-refractivity contribution is 0.00501. The fourth-order valence-electron chi connectivity index (χ4n) is 0.0488. The molecule has 0 fully saturated rings. The van der Waals surface area contributed by atoms with Gasteiger partial charge in [0.05, 0.1) is 4.73 Å². The van der Waals surface area contributed by atoms with Gasteiger partial charge in [-0.15, -0.1) is 0 Å². The van der Waals surface area contributed by atoms with Crippen LogP contribution in [0.15, 0.2) is 0 Å². The van der Waals surface area contributed by atoms with Gasteiger partial charge in [-0.1, -0.05) is 0 Å². The highest BCUT2D eigenvalue weighted by Crippen LogP contribution is 2.19. The van der Waals surface area contributed by atoms with Crippen LogP contribution in [0, 0.1) is 0 Å². The molecule has 0 aromatic rings. The molecule has 0 heterocycles. The first-order valence-electron chi connectivity index (χ1n) is 1.54. The zero-order valence-corrected chi connectivity index (χ0v) is 4.24. The molecular weight excluding hydrogens is 106 g/mol. The molecule has 0 amide bonds. The second-order valence-electron chi connectivity index (χ2n) is 0.718. The van der Waals surface area contributed by atoms with Crippen LogP contribution in [0.5, 0.6) is 0 Å². The molecule has 6 heavy (non-hydrogen) atoms. The fraction of sp³-hybridized carbons (Fsp3) is 1.00. The van der Waals surface area contributed by atoms with E-state index in [4.69, 9.17) is 0 Å². The Hall–Kier alpha value is -0.0100. The topological polar surface area (TPSA) is 26.3 Å². The van der Waals surface area contributed by atoms with E-state index in [9.17, 15) is 9.09 Å². The Labute approximate surface area is 36.1 Å². The Balaban J connectivity index is 2.99. The molecule has 1 atom stereocenters. The standard InChI is InChI=1S/C2H5FO2P/c1-2-6(4)5-3/h2H2,1H3/q+1. The predicted octanol–water partition coefficient (Wildman–Crippen LogP) is 1.65. The molecule has 0 aromatic heterocycles. The molecule has 1 unspecified atom stereocenters. The lowest BCUT2D eigenvalue weighted by Gasteiger charge is -1.60. The van der Waals surface area contributed by atoms with Crippen molar-refractivity contribution < 1.29 is 13.8 Å². The van der Waals surface area contributed by atoms with E-state index in [0.29, 0.717) is 0 Å². The monoisotopic (exact) mass is 111 g/mol. The summed E-state index contributed by atoms with van der Waals surface area (Å²) in [5.41, 5.74) is 0. The Kier molecular flexibility index (Phi) is 3.19. The maximum Gasteiger partial charge on any atom is 0.545 e. The van der Waals surface area contributed by atoms with Gasteiger partial charge in [0, 0.05) is 4.53 Å². The third kappa shape index (κ3) is 2.24. The third-order valence-corrected chi connectivity index (χ3v) is 1.01. The second kappa shape index (κ2) is 3.19. The number of hydrogen-bond acceptors (Lipinski definition) is 2. The van der Waals surface area contributed by atoms with Crippen LogP contribution in [0.2, 0.25) is 0 Å². The van der Waals surface area contributed by atoms with Crippen molar-refractivity contribution in [1.29, 1.82) is 0 Å². The molecule has 2 nitrogen and oxygen atoms in total. The Bertz CT molecular complexity index is 49.5. The fourth-order valence-corrected chi connectivity index (χ4v) is 0.146. The summed E-state index contributed by atoms with van der Waals surface area (Å²) < 4.78 is 23.2. The number of hydrogen-bond donors (Lipinski definition) is 0. The molecule has 0 rings (SSSR count). The van der Waals surface area contributed by atoms with E-state index in [1.807, 2.05) is 0 Å². The van der Waals surface area contributed by atoms with Crippen LogP contribution in [0.4, 0.5) is 4.53 Å². The minimum atomic E-state index is -1.99. The van der Waals surface area contributed by atoms with E-state index in [0.717, 1.165) is 0 Å². The van der Waals surface area contributed by atoms with Crippen LogP contribution >= 0.6 is 8.03 Å². The van der Waals surface area contributed by atoms with Crippen LogP contribution in [-0.2, 0) is 9.29 Å². The smallest absolute Gasteiger partial charge is 0.0314 e. The molecular formula is C2H5FO2P+. The summed E-state index contributed by atoms with van der Waals surface area (Å²) >= 11 is 0. The predicted molar refractivity (Wildman–Crippen MR) is 20.3 cm³/mol. The van der Waals surface area contributed by atoms with E-state index >= 15 is 0 Å². The van der Waals surface area contributed by atoms with E-state index in [1.54, 1.807) is 6.92 Å². The Morgan fingerprint density at radius 1 is 2.00 bits per heavy atom. The number of halogens is 1. The van der Waals surface area contributed by atoms with Gasteiger partial charge >= 0.3 is 8.03 Å². The van der Waals surface area contributed by atoms with Crippen molar-refractivity contribution in [2.24, 2.45) is 0 Å². The molecule has 0 radical (unpaired) electrons. The van der Waals surface area contributed by atoms with Crippen LogP contribution in [-0.4, -0.2) is 6.16 Å². The van der Waals surface area contributed by atoms with Gasteiger partial charge in [0.25, 0.3) is 0 Å². The van der Waals surface area contributed by atoms with Crippen molar-refractivity contribution in [1.82, 2.24) is 0 Å². The largest absolute Gasteiger partial charge is 0.545 e. The molecule has 0 aliphatic heterocycles. The molecule has 0 N–H and O–H groups in total. The summed E-state index contributed by atoms with van der Waals surface area (Å²) in [5, 5.41) is 0. The molecule has 0 aromatic carbocycles. The Morgan fingerprint density at radius 3 is 2.50 bits per heavy atom. The van der Waals surface area contributed by atoms with Crippen molar-refractivity contribution in [3.8, 4) is 0 Å². The Morgan fingerprint density at radius 2 is 2.50 bits per heavy atom. The van der Waals surface area contributed by atoms with E-state index in [1.165, 1.54) is 0 Å². The SMILES string of the molecule is CC[P+](=O)OF. The van der Waals surface area contributed by atoms with Gasteiger partial charge in [0.1, 0.15) is 0 Å². The first-order valence-corrected chi connectivity index (χ1v) is 2.91. The maximum atomic E-state index is 10.6. The van der Waals surface area contributed by atoms with Gasteiger partial charge in [-0.25, -0.2) is 0 Å². The van der Waals surface area contributed by atoms with E-state index in [2.05, 4.69) is 4.73 Å². The lowest BCUT2D eigenvalue weighted by Crippen LogP contribution is -1.61. The zero-order valence-electron chi connectivity index (χ0n) is 3.35. The van der Waals surface area contributed by atoms with Crippen LogP contribution in [0.3, 0.4) is 0 Å². The van der Waals surface area contributed by atoms with Crippen molar-refractivity contribution in [3.63, 3.8) is 0 Å². The normalized spacial score (nSPS) is 11.3. The highest BCUT2D eigenvalue weighted by atomic mass is 31.1. The average Bonchev–Trinajstić information content (AvgIpc) is 1.65. The summed E-state index contributed by atoms with van der Waals surface area (Å²) in [6.45, 7) is 1.58. The van der Waals surface area contributed by atoms with Crippen molar-refractivity contribution >= 4 is 8.03 Å². The summed E-state index contributed by atoms with van der Waals surface area (Å²) in [5.74, 6) is 0. The van der Waals surface area contributed by atoms with Gasteiger partial charge in [0.2, 0.25) is 0 Å². The lowest BCUT2D eigenvalue weighted by atomic mass is 11.0. The molecule has 36 valence electrons. The summed E-state index contributed by atoms with van der Waals surface area (Å²) in [6, 6.07) is 0. The maximum absolute atomic E-state index is 10.6. The number of rotatable bonds is 2. The minimum Gasteiger partial charge on any atom is -0.0314 e. The van der Waals surface area contributed by atoms with Crippen molar-refractivity contribution in [2.75, 3.05) is 6.16 Å². The third-order valence-electron chi connectivity index (χ3n) is 0.335. The van der Waals surface area contributed by atoms with Gasteiger partial charge < -0.3 is 0 Å². The highest BCUT2D eigenvalue weighted by Gasteiger charge is 2.11. The summed E-state index contributed by atoms with van der Waals surface area (Å²) in [4.78, 5) is 0. The molecule has 0 saturated carbocycles. The summed E-state index contributed by atoms with van der Waals surface area (Å²) in [7, 11) is -1.99. The first kappa shape index (κ1) is 5.99. The molecule has 0 bridgehead atoms. The van der Waals surface area contributed by atoms with E-state index < -0.39 is 8.03 Å². The second-order valence-corrected chi connectivity index (χ2v) is 2.15. The van der Waals surface area contributed by atoms with Crippen molar-refractivity contribution in [2.45, 2.75) is 6.92 Å². The molecule has 4 heteroatoms. The van der Waals surface area contributed by atoms with Gasteiger partial charge in [-0.2, -0.15) is 0 Å². The van der Waals surface area contributed by atoms with Crippen LogP contribution < -0.4 is 0 Å². The van der Waals surface area contributed by atoms with Crippen molar-refractivity contribution in [3.05, 3.63) is 0 Å². The average molecular weight is 111 g/mol. The molecule has 0 spiro atoms. The highest BCUT2D eigenvalue weighted by molar-refractivity contribution is 7.38. The van der Waals surface area contributed by atoms with Crippen LogP contribution in [0.25, 0.3) is 0 Å². The molecule has 0 saturated heterocycles. The summed E-state index contributed by atoms with van der Waals surface area (Å²) in [6.07, 6.45) is 0.242. The minimum absolute atomic E-state index is 0.242. The van der Waals surface area contributed by atoms with Gasteiger partial charge in [-0.05, 0) is 11.5 Å². The van der Waals surface area contributed by atoms with E-state index in [-0.39, 0.29) is 6.16 Å². The zero-order chi connectivity index (χ0) is 4.99. The van der Waals surface area contributed by atoms with Crippen LogP contribution in [0.1, 0.15) is 6.92 Å². The van der Waals surface area contributed by atoms with Gasteiger partial charge in [-0.3, -0.25) is 0 Å². The quantitative estimate of drug-likeness (QED) is 0.506.